The number of benzene rings is 1. The molecule has 1 unspecified atom stereocenters. The van der Waals surface area contributed by atoms with Crippen LogP contribution in [-0.4, -0.2) is 18.6 Å². The van der Waals surface area contributed by atoms with Gasteiger partial charge in [-0.3, -0.25) is 4.98 Å². The van der Waals surface area contributed by atoms with Crippen LogP contribution in [0.15, 0.2) is 42.6 Å². The Morgan fingerprint density at radius 2 is 2.17 bits per heavy atom. The zero-order chi connectivity index (χ0) is 13.0. The van der Waals surface area contributed by atoms with Crippen molar-refractivity contribution >= 4 is 11.6 Å². The molecule has 0 aliphatic carbocycles. The molecule has 0 saturated heterocycles. The number of nitrogens with zero attached hydrogens (tertiary/aromatic N) is 1. The van der Waals surface area contributed by atoms with Crippen molar-refractivity contribution < 1.29 is 4.39 Å². The van der Waals surface area contributed by atoms with Crippen LogP contribution in [0.1, 0.15) is 17.2 Å². The third-order valence-corrected chi connectivity index (χ3v) is 3.09. The topological polar surface area (TPSA) is 24.9 Å². The van der Waals surface area contributed by atoms with Crippen molar-refractivity contribution in [2.45, 2.75) is 5.92 Å². The van der Waals surface area contributed by atoms with E-state index in [1.165, 1.54) is 6.07 Å². The van der Waals surface area contributed by atoms with E-state index in [0.29, 0.717) is 0 Å². The van der Waals surface area contributed by atoms with Crippen molar-refractivity contribution in [3.8, 4) is 0 Å². The summed E-state index contributed by atoms with van der Waals surface area (Å²) in [4.78, 5) is 4.35. The summed E-state index contributed by atoms with van der Waals surface area (Å²) in [5.41, 5.74) is 1.89. The van der Waals surface area contributed by atoms with Gasteiger partial charge in [-0.1, -0.05) is 23.7 Å². The van der Waals surface area contributed by atoms with Gasteiger partial charge in [-0.05, 0) is 36.9 Å². The van der Waals surface area contributed by atoms with Crippen molar-refractivity contribution in [2.24, 2.45) is 0 Å². The van der Waals surface area contributed by atoms with E-state index in [1.54, 1.807) is 18.3 Å². The van der Waals surface area contributed by atoms with Crippen molar-refractivity contribution in [1.29, 1.82) is 0 Å². The maximum atomic E-state index is 13.2. The predicted octanol–water partition coefficient (Wildman–Crippen LogP) is 3.23. The molecule has 2 nitrogen and oxygen atoms in total. The highest BCUT2D eigenvalue weighted by Gasteiger charge is 2.15. The molecule has 1 heterocycles. The molecule has 0 amide bonds. The minimum atomic E-state index is -0.398. The predicted molar refractivity (Wildman–Crippen MR) is 71.4 cm³/mol. The van der Waals surface area contributed by atoms with Gasteiger partial charge in [-0.25, -0.2) is 4.39 Å². The zero-order valence-corrected chi connectivity index (χ0v) is 10.8. The maximum Gasteiger partial charge on any atom is 0.141 e. The van der Waals surface area contributed by atoms with E-state index < -0.39 is 5.82 Å². The fraction of sp³-hybridized carbons (Fsp3) is 0.214. The molecule has 18 heavy (non-hydrogen) atoms. The quantitative estimate of drug-likeness (QED) is 0.917. The number of rotatable bonds is 4. The monoisotopic (exact) mass is 264 g/mol. The molecule has 0 bridgehead atoms. The molecule has 0 radical (unpaired) electrons. The molecule has 2 aromatic rings. The Balaban J connectivity index is 2.38. The van der Waals surface area contributed by atoms with Crippen LogP contribution in [0.3, 0.4) is 0 Å². The lowest BCUT2D eigenvalue weighted by Crippen LogP contribution is -2.19. The molecule has 0 spiro atoms. The normalized spacial score (nSPS) is 12.4. The fourth-order valence-corrected chi connectivity index (χ4v) is 2.10. The molecule has 0 aliphatic rings. The number of aromatic nitrogens is 1. The van der Waals surface area contributed by atoms with Crippen molar-refractivity contribution in [1.82, 2.24) is 10.3 Å². The van der Waals surface area contributed by atoms with Gasteiger partial charge in [0.2, 0.25) is 0 Å². The molecule has 0 aliphatic heterocycles. The molecule has 1 N–H and O–H groups in total. The first-order valence-electron chi connectivity index (χ1n) is 5.73. The Morgan fingerprint density at radius 1 is 1.33 bits per heavy atom. The molecular formula is C14H14ClFN2. The number of likely N-dealkylation sites (N-methyl/N-ethyl adjacent to an activating group) is 1. The summed E-state index contributed by atoms with van der Waals surface area (Å²) in [6, 6.07) is 10.6. The summed E-state index contributed by atoms with van der Waals surface area (Å²) < 4.78 is 13.2. The summed E-state index contributed by atoms with van der Waals surface area (Å²) in [6.45, 7) is 0.721. The molecule has 1 atom stereocenters. The highest BCUT2D eigenvalue weighted by Crippen LogP contribution is 2.26. The summed E-state index contributed by atoms with van der Waals surface area (Å²) in [5, 5.41) is 3.27. The van der Waals surface area contributed by atoms with Gasteiger partial charge in [0.15, 0.2) is 0 Å². The van der Waals surface area contributed by atoms with Gasteiger partial charge in [-0.2, -0.15) is 0 Å². The standard InChI is InChI=1S/C14H14ClFN2/c1-17-9-11(14-4-2-3-7-18-14)10-5-6-13(16)12(15)8-10/h2-8,11,17H,9H2,1H3. The number of hydrogen-bond donors (Lipinski definition) is 1. The second kappa shape index (κ2) is 5.94. The molecular weight excluding hydrogens is 251 g/mol. The smallest absolute Gasteiger partial charge is 0.141 e. The van der Waals surface area contributed by atoms with E-state index in [2.05, 4.69) is 10.3 Å². The van der Waals surface area contributed by atoms with Crippen LogP contribution in [-0.2, 0) is 0 Å². The van der Waals surface area contributed by atoms with Crippen molar-refractivity contribution in [2.75, 3.05) is 13.6 Å². The van der Waals surface area contributed by atoms with E-state index in [1.807, 2.05) is 25.2 Å². The van der Waals surface area contributed by atoms with E-state index in [-0.39, 0.29) is 10.9 Å². The molecule has 0 saturated carbocycles. The third-order valence-electron chi connectivity index (χ3n) is 2.80. The SMILES string of the molecule is CNCC(c1ccc(F)c(Cl)c1)c1ccccn1. The van der Waals surface area contributed by atoms with Crippen molar-refractivity contribution in [3.63, 3.8) is 0 Å². The van der Waals surface area contributed by atoms with Gasteiger partial charge in [0.05, 0.1) is 5.02 Å². The summed E-state index contributed by atoms with van der Waals surface area (Å²) in [7, 11) is 1.88. The second-order valence-electron chi connectivity index (χ2n) is 4.04. The largest absolute Gasteiger partial charge is 0.319 e. The molecule has 94 valence electrons. The number of halogens is 2. The number of hydrogen-bond acceptors (Lipinski definition) is 2. The lowest BCUT2D eigenvalue weighted by molar-refractivity contribution is 0.624. The zero-order valence-electron chi connectivity index (χ0n) is 10.0. The molecule has 4 heteroatoms. The molecule has 0 fully saturated rings. The van der Waals surface area contributed by atoms with Crippen LogP contribution >= 0.6 is 11.6 Å². The van der Waals surface area contributed by atoms with Gasteiger partial charge in [0, 0.05) is 24.4 Å². The van der Waals surface area contributed by atoms with Crippen LogP contribution in [0.25, 0.3) is 0 Å². The fourth-order valence-electron chi connectivity index (χ4n) is 1.91. The van der Waals surface area contributed by atoms with Gasteiger partial charge in [0.25, 0.3) is 0 Å². The Bertz CT molecular complexity index is 516. The Hall–Kier alpha value is -1.45. The summed E-state index contributed by atoms with van der Waals surface area (Å²) in [6.07, 6.45) is 1.75. The average Bonchev–Trinajstić information content (AvgIpc) is 2.40. The highest BCUT2D eigenvalue weighted by atomic mass is 35.5. The van der Waals surface area contributed by atoms with Gasteiger partial charge in [-0.15, -0.1) is 0 Å². The van der Waals surface area contributed by atoms with E-state index in [4.69, 9.17) is 11.6 Å². The van der Waals surface area contributed by atoms with Crippen molar-refractivity contribution in [3.05, 3.63) is 64.7 Å². The Morgan fingerprint density at radius 3 is 2.78 bits per heavy atom. The molecule has 2 rings (SSSR count). The third kappa shape index (κ3) is 2.86. The minimum Gasteiger partial charge on any atom is -0.319 e. The Labute approximate surface area is 111 Å². The first-order valence-corrected chi connectivity index (χ1v) is 6.10. The average molecular weight is 265 g/mol. The summed E-state index contributed by atoms with van der Waals surface area (Å²) >= 11 is 5.83. The lowest BCUT2D eigenvalue weighted by atomic mass is 9.95. The first-order chi connectivity index (χ1) is 8.72. The first kappa shape index (κ1) is 13.0. The molecule has 1 aromatic carbocycles. The minimum absolute atomic E-state index is 0.0642. The highest BCUT2D eigenvalue weighted by molar-refractivity contribution is 6.30. The number of nitrogens with one attached hydrogen (secondary N) is 1. The van der Waals surface area contributed by atoms with Crippen LogP contribution < -0.4 is 5.32 Å². The maximum absolute atomic E-state index is 13.2. The van der Waals surface area contributed by atoms with Crippen LogP contribution in [0.2, 0.25) is 5.02 Å². The van der Waals surface area contributed by atoms with Gasteiger partial charge in [0.1, 0.15) is 5.82 Å². The van der Waals surface area contributed by atoms with Crippen LogP contribution in [0.5, 0.6) is 0 Å². The van der Waals surface area contributed by atoms with Crippen LogP contribution in [0, 0.1) is 5.82 Å². The van der Waals surface area contributed by atoms with E-state index >= 15 is 0 Å². The Kier molecular flexibility index (Phi) is 4.28. The van der Waals surface area contributed by atoms with E-state index in [0.717, 1.165) is 17.8 Å². The molecule has 1 aromatic heterocycles. The lowest BCUT2D eigenvalue weighted by Gasteiger charge is -2.16. The van der Waals surface area contributed by atoms with Gasteiger partial charge >= 0.3 is 0 Å². The number of pyridine rings is 1. The van der Waals surface area contributed by atoms with Crippen LogP contribution in [0.4, 0.5) is 4.39 Å². The van der Waals surface area contributed by atoms with Gasteiger partial charge < -0.3 is 5.32 Å². The summed E-state index contributed by atoms with van der Waals surface area (Å²) in [5.74, 6) is -0.334. The van der Waals surface area contributed by atoms with E-state index in [9.17, 15) is 4.39 Å². The second-order valence-corrected chi connectivity index (χ2v) is 4.45.